The zero-order chi connectivity index (χ0) is 27.1. The fourth-order valence-corrected chi connectivity index (χ4v) is 5.49. The van der Waals surface area contributed by atoms with Gasteiger partial charge in [-0.3, -0.25) is 23.4 Å². The number of rotatable bonds is 7. The van der Waals surface area contributed by atoms with Crippen molar-refractivity contribution in [2.75, 3.05) is 5.73 Å². The Morgan fingerprint density at radius 2 is 2.03 bits per heavy atom. The average Bonchev–Trinajstić information content (AvgIpc) is 3.44. The van der Waals surface area contributed by atoms with Gasteiger partial charge in [-0.05, 0) is 38.3 Å². The van der Waals surface area contributed by atoms with E-state index in [9.17, 15) is 28.7 Å². The molecule has 200 valence electrons. The molecule has 0 saturated carbocycles. The fourth-order valence-electron chi connectivity index (χ4n) is 4.76. The van der Waals surface area contributed by atoms with Crippen molar-refractivity contribution in [1.82, 2.24) is 19.1 Å². The van der Waals surface area contributed by atoms with Crippen molar-refractivity contribution in [3.8, 4) is 0 Å². The number of H-pyrrole nitrogens is 1. The summed E-state index contributed by atoms with van der Waals surface area (Å²) in [6.07, 6.45) is -1.28. The molecule has 0 aromatic carbocycles. The highest BCUT2D eigenvalue weighted by atomic mass is 31.2. The topological polar surface area (TPSA) is 250 Å². The largest absolute Gasteiger partial charge is 0.470 e. The number of phosphoric ester groups is 1. The van der Waals surface area contributed by atoms with Gasteiger partial charge in [-0.1, -0.05) is 5.11 Å². The Balaban J connectivity index is 1.71. The zero-order valence-corrected chi connectivity index (χ0v) is 20.6. The second kappa shape index (κ2) is 9.87. The summed E-state index contributed by atoms with van der Waals surface area (Å²) in [5.41, 5.74) is 10.9. The Hall–Kier alpha value is -3.30. The number of phosphoric acid groups is 1. The molecule has 2 aromatic rings. The quantitative estimate of drug-likeness (QED) is 0.160. The van der Waals surface area contributed by atoms with Gasteiger partial charge < -0.3 is 25.0 Å². The maximum Gasteiger partial charge on any atom is 0.470 e. The minimum Gasteiger partial charge on any atom is -0.383 e. The van der Waals surface area contributed by atoms with E-state index in [1.165, 1.54) is 36.9 Å². The number of nitrogen functional groups attached to an aromatic ring is 1. The summed E-state index contributed by atoms with van der Waals surface area (Å²) in [7, 11) is -5.17. The average molecular weight is 540 g/mol. The molecular formula is C19H25N8O9P. The van der Waals surface area contributed by atoms with Crippen LogP contribution in [0.15, 0.2) is 38.0 Å². The Bertz CT molecular complexity index is 1460. The normalized spacial score (nSPS) is 27.5. The summed E-state index contributed by atoms with van der Waals surface area (Å²) in [5, 5.41) is 3.72. The lowest BCUT2D eigenvalue weighted by Gasteiger charge is -2.40. The first-order valence-electron chi connectivity index (χ1n) is 11.1. The molecule has 0 bridgehead atoms. The molecule has 0 spiro atoms. The molecule has 2 aliphatic rings. The smallest absolute Gasteiger partial charge is 0.383 e. The van der Waals surface area contributed by atoms with Crippen LogP contribution in [-0.2, 0) is 18.6 Å². The standard InChI is InChI=1S/C19H25N8O9P/c1-9-8-27(18(30)23-16(9)28)14-7-10(24-25-21)15(35-14)19(2,36-37(31,32)33)11-3-4-13(34-11)26-6-5-12(20)22-17(26)29/h5-6,8,10-11,13-15H,3-4,7H2,1-2H3,(H2,20,22,29)(H,23,28,30)(H2,31,32,33). The van der Waals surface area contributed by atoms with Gasteiger partial charge in [-0.25, -0.2) is 14.2 Å². The van der Waals surface area contributed by atoms with Crippen LogP contribution < -0.4 is 22.7 Å². The van der Waals surface area contributed by atoms with Crippen LogP contribution in [0.2, 0.25) is 0 Å². The third-order valence-corrected chi connectivity index (χ3v) is 7.06. The number of nitrogens with one attached hydrogen (secondary N) is 1. The molecule has 6 atom stereocenters. The van der Waals surface area contributed by atoms with Gasteiger partial charge in [0.05, 0.1) is 12.1 Å². The van der Waals surface area contributed by atoms with E-state index in [0.29, 0.717) is 0 Å². The Labute approximate surface area is 207 Å². The first-order chi connectivity index (χ1) is 17.3. The van der Waals surface area contributed by atoms with E-state index in [0.717, 1.165) is 4.57 Å². The van der Waals surface area contributed by atoms with Crippen LogP contribution in [-0.4, -0.2) is 52.7 Å². The molecule has 0 aliphatic carbocycles. The SMILES string of the molecule is Cc1cn(C2CC(N=[N+]=[N-])C(C(C)(OP(=O)(O)O)C3CCC(n4ccc(N)nc4=O)O3)O2)c(=O)[nH]c1=O. The first kappa shape index (κ1) is 26.8. The van der Waals surface area contributed by atoms with Gasteiger partial charge in [0.2, 0.25) is 0 Å². The number of hydrogen-bond acceptors (Lipinski definition) is 10. The van der Waals surface area contributed by atoms with Gasteiger partial charge in [-0.2, -0.15) is 4.98 Å². The van der Waals surface area contributed by atoms with Gasteiger partial charge >= 0.3 is 19.2 Å². The lowest BCUT2D eigenvalue weighted by atomic mass is 9.86. The van der Waals surface area contributed by atoms with E-state index in [2.05, 4.69) is 20.0 Å². The molecule has 6 unspecified atom stereocenters. The van der Waals surface area contributed by atoms with Crippen LogP contribution in [0.3, 0.4) is 0 Å². The molecule has 18 heteroatoms. The molecular weight excluding hydrogens is 515 g/mol. The minimum atomic E-state index is -5.17. The van der Waals surface area contributed by atoms with Crippen LogP contribution >= 0.6 is 7.82 Å². The van der Waals surface area contributed by atoms with E-state index in [1.54, 1.807) is 0 Å². The van der Waals surface area contributed by atoms with Crippen molar-refractivity contribution in [1.29, 1.82) is 0 Å². The highest BCUT2D eigenvalue weighted by molar-refractivity contribution is 7.46. The lowest BCUT2D eigenvalue weighted by molar-refractivity contribution is -0.174. The molecule has 2 aliphatic heterocycles. The molecule has 2 saturated heterocycles. The van der Waals surface area contributed by atoms with Crippen molar-refractivity contribution >= 4 is 13.6 Å². The summed E-state index contributed by atoms with van der Waals surface area (Å²) >= 11 is 0. The van der Waals surface area contributed by atoms with Crippen molar-refractivity contribution in [3.63, 3.8) is 0 Å². The lowest BCUT2D eigenvalue weighted by Crippen LogP contribution is -2.54. The fraction of sp³-hybridized carbons (Fsp3) is 0.579. The molecule has 0 amide bonds. The summed E-state index contributed by atoms with van der Waals surface area (Å²) in [6, 6.07) is 0.352. The number of anilines is 1. The second-order valence-electron chi connectivity index (χ2n) is 8.96. The van der Waals surface area contributed by atoms with Crippen molar-refractivity contribution in [3.05, 3.63) is 65.8 Å². The predicted molar refractivity (Wildman–Crippen MR) is 125 cm³/mol. The summed E-state index contributed by atoms with van der Waals surface area (Å²) in [5.74, 6) is 0.0146. The number of azide groups is 1. The van der Waals surface area contributed by atoms with Crippen LogP contribution in [0.5, 0.6) is 0 Å². The van der Waals surface area contributed by atoms with E-state index in [1.807, 2.05) is 0 Å². The Kier molecular flexibility index (Phi) is 7.14. The first-order valence-corrected chi connectivity index (χ1v) is 12.6. The highest BCUT2D eigenvalue weighted by Crippen LogP contribution is 2.51. The van der Waals surface area contributed by atoms with Crippen molar-refractivity contribution < 1.29 is 28.3 Å². The Morgan fingerprint density at radius 1 is 1.30 bits per heavy atom. The third-order valence-electron chi connectivity index (χ3n) is 6.43. The molecule has 37 heavy (non-hydrogen) atoms. The van der Waals surface area contributed by atoms with E-state index < -0.39 is 61.1 Å². The van der Waals surface area contributed by atoms with E-state index >= 15 is 0 Å². The van der Waals surface area contributed by atoms with Gasteiger partial charge in [-0.15, -0.1) is 0 Å². The van der Waals surface area contributed by atoms with Crippen LogP contribution in [0, 0.1) is 6.92 Å². The van der Waals surface area contributed by atoms with E-state index in [4.69, 9.17) is 25.3 Å². The number of nitrogens with two attached hydrogens (primary N) is 1. The molecule has 0 radical (unpaired) electrons. The van der Waals surface area contributed by atoms with Gasteiger partial charge in [0, 0.05) is 29.3 Å². The number of aromatic nitrogens is 4. The number of ether oxygens (including phenoxy) is 2. The molecule has 2 aromatic heterocycles. The van der Waals surface area contributed by atoms with Crippen LogP contribution in [0.4, 0.5) is 5.82 Å². The minimum absolute atomic E-state index is 0.0146. The molecule has 4 heterocycles. The highest BCUT2D eigenvalue weighted by Gasteiger charge is 2.57. The number of nitrogens with zero attached hydrogens (tertiary/aromatic N) is 6. The van der Waals surface area contributed by atoms with Crippen LogP contribution in [0.1, 0.15) is 44.2 Å². The van der Waals surface area contributed by atoms with E-state index in [-0.39, 0.29) is 30.6 Å². The second-order valence-corrected chi connectivity index (χ2v) is 10.1. The van der Waals surface area contributed by atoms with Gasteiger partial charge in [0.1, 0.15) is 30.0 Å². The molecule has 5 N–H and O–H groups in total. The predicted octanol–water partition coefficient (Wildman–Crippen LogP) is 0.196. The maximum absolute atomic E-state index is 12.4. The summed E-state index contributed by atoms with van der Waals surface area (Å²) < 4.78 is 31.6. The Morgan fingerprint density at radius 3 is 2.68 bits per heavy atom. The monoisotopic (exact) mass is 540 g/mol. The van der Waals surface area contributed by atoms with Gasteiger partial charge in [0.15, 0.2) is 0 Å². The number of aromatic amines is 1. The molecule has 17 nitrogen and oxygen atoms in total. The van der Waals surface area contributed by atoms with Gasteiger partial charge in [0.25, 0.3) is 5.56 Å². The number of hydrogen-bond donors (Lipinski definition) is 4. The number of aryl methyl sites for hydroxylation is 1. The summed E-state index contributed by atoms with van der Waals surface area (Å²) in [4.78, 5) is 64.6. The molecule has 4 rings (SSSR count). The van der Waals surface area contributed by atoms with Crippen molar-refractivity contribution in [2.45, 2.75) is 69.4 Å². The maximum atomic E-state index is 12.4. The van der Waals surface area contributed by atoms with Crippen molar-refractivity contribution in [2.24, 2.45) is 5.11 Å². The molecule has 2 fully saturated rings. The zero-order valence-electron chi connectivity index (χ0n) is 19.7. The summed E-state index contributed by atoms with van der Waals surface area (Å²) in [6.45, 7) is 2.81. The third kappa shape index (κ3) is 5.38. The van der Waals surface area contributed by atoms with Crippen LogP contribution in [0.25, 0.3) is 10.4 Å².